The van der Waals surface area contributed by atoms with Gasteiger partial charge in [-0.05, 0) is 55.9 Å². The van der Waals surface area contributed by atoms with Crippen molar-refractivity contribution in [3.05, 3.63) is 74.9 Å². The van der Waals surface area contributed by atoms with Crippen LogP contribution >= 0.6 is 23.2 Å². The zero-order valence-electron chi connectivity index (χ0n) is 20.5. The quantitative estimate of drug-likeness (QED) is 0.407. The topological polar surface area (TPSA) is 73.1 Å². The molecule has 0 aromatic carbocycles. The summed E-state index contributed by atoms with van der Waals surface area (Å²) in [4.78, 5) is 24.7. The number of ether oxygens (including phenoxy) is 1. The molecule has 1 atom stereocenters. The van der Waals surface area contributed by atoms with Gasteiger partial charge in [-0.25, -0.2) is 9.67 Å². The summed E-state index contributed by atoms with van der Waals surface area (Å²) in [6.45, 7) is 7.62. The van der Waals surface area contributed by atoms with E-state index in [1.807, 2.05) is 13.1 Å². The number of allylic oxidation sites excluding steroid dienone is 1. The molecule has 0 amide bonds. The number of aryl methyl sites for hydroxylation is 1. The van der Waals surface area contributed by atoms with Crippen LogP contribution in [-0.4, -0.2) is 62.8 Å². The second kappa shape index (κ2) is 10.8. The lowest BCUT2D eigenvalue weighted by Crippen LogP contribution is -2.43. The van der Waals surface area contributed by atoms with Gasteiger partial charge in [0.1, 0.15) is 0 Å². The molecule has 0 bridgehead atoms. The first-order valence-corrected chi connectivity index (χ1v) is 13.0. The van der Waals surface area contributed by atoms with Gasteiger partial charge in [-0.2, -0.15) is 5.10 Å². The summed E-state index contributed by atoms with van der Waals surface area (Å²) in [5, 5.41) is 5.16. The molecule has 7 nitrogen and oxygen atoms in total. The highest BCUT2D eigenvalue weighted by Gasteiger charge is 2.24. The van der Waals surface area contributed by atoms with Crippen LogP contribution in [0.4, 0.5) is 0 Å². The van der Waals surface area contributed by atoms with Gasteiger partial charge in [0.25, 0.3) is 0 Å². The largest absolute Gasteiger partial charge is 0.379 e. The molecule has 2 aliphatic rings. The first-order chi connectivity index (χ1) is 17.4. The van der Waals surface area contributed by atoms with Gasteiger partial charge in [0, 0.05) is 37.9 Å². The lowest BCUT2D eigenvalue weighted by atomic mass is 9.90. The third-order valence-corrected chi connectivity index (χ3v) is 7.53. The number of nitrogens with zero attached hydrogens (tertiary/aromatic N) is 5. The Kier molecular flexibility index (Phi) is 7.53. The molecule has 5 rings (SSSR count). The molecule has 1 saturated heterocycles. The molecule has 1 aliphatic carbocycles. The van der Waals surface area contributed by atoms with Crippen molar-refractivity contribution < 1.29 is 9.53 Å². The van der Waals surface area contributed by atoms with Crippen molar-refractivity contribution in [2.45, 2.75) is 45.6 Å². The van der Waals surface area contributed by atoms with Crippen LogP contribution in [0.15, 0.2) is 36.8 Å². The first kappa shape index (κ1) is 25.1. The number of rotatable bonds is 6. The van der Waals surface area contributed by atoms with Crippen molar-refractivity contribution in [3.63, 3.8) is 0 Å². The van der Waals surface area contributed by atoms with E-state index in [2.05, 4.69) is 34.0 Å². The van der Waals surface area contributed by atoms with E-state index < -0.39 is 0 Å². The number of aromatic nitrogens is 4. The van der Waals surface area contributed by atoms with Crippen LogP contribution in [0.2, 0.25) is 10.0 Å². The average molecular weight is 526 g/mol. The van der Waals surface area contributed by atoms with E-state index >= 15 is 0 Å². The molecule has 4 heterocycles. The zero-order chi connectivity index (χ0) is 25.2. The van der Waals surface area contributed by atoms with Crippen molar-refractivity contribution >= 4 is 34.6 Å². The number of morpholine rings is 1. The summed E-state index contributed by atoms with van der Waals surface area (Å²) in [6, 6.07) is 4.28. The van der Waals surface area contributed by atoms with Crippen LogP contribution in [-0.2, 0) is 11.2 Å². The molecular formula is C27H29Cl2N5O2. The van der Waals surface area contributed by atoms with E-state index in [0.29, 0.717) is 33.2 Å². The standard InChI is InChI=1S/C27H29Cl2N5O2/c1-17-11-19(14-30-26(17)20-3-5-22(6-4-20)33-7-9-36-10-8-33)12-25(35)23-16-32-34(18(23)2)27-24(29)13-21(28)15-31-27/h3,11,13-16,22H,4-10,12H2,1-2H3. The summed E-state index contributed by atoms with van der Waals surface area (Å²) >= 11 is 12.2. The van der Waals surface area contributed by atoms with Crippen molar-refractivity contribution in [2.75, 3.05) is 26.3 Å². The van der Waals surface area contributed by atoms with Crippen LogP contribution in [0.1, 0.15) is 52.1 Å². The second-order valence-electron chi connectivity index (χ2n) is 9.43. The third kappa shape index (κ3) is 5.25. The average Bonchev–Trinajstić information content (AvgIpc) is 3.26. The number of halogens is 2. The predicted octanol–water partition coefficient (Wildman–Crippen LogP) is 5.28. The maximum Gasteiger partial charge on any atom is 0.172 e. The number of carbonyl (C=O) groups is 1. The van der Waals surface area contributed by atoms with Gasteiger partial charge in [0.2, 0.25) is 0 Å². The number of hydrogen-bond acceptors (Lipinski definition) is 6. The fourth-order valence-electron chi connectivity index (χ4n) is 5.12. The van der Waals surface area contributed by atoms with Crippen molar-refractivity contribution in [2.24, 2.45) is 0 Å². The molecule has 0 spiro atoms. The van der Waals surface area contributed by atoms with Crippen LogP contribution in [0.3, 0.4) is 0 Å². The normalized spacial score (nSPS) is 18.8. The molecule has 1 aliphatic heterocycles. The third-order valence-electron chi connectivity index (χ3n) is 7.05. The molecular weight excluding hydrogens is 497 g/mol. The Labute approximate surface area is 221 Å². The summed E-state index contributed by atoms with van der Waals surface area (Å²) in [5.74, 6) is 0.416. The van der Waals surface area contributed by atoms with Gasteiger partial charge >= 0.3 is 0 Å². The monoisotopic (exact) mass is 525 g/mol. The van der Waals surface area contributed by atoms with Gasteiger partial charge in [-0.1, -0.05) is 35.3 Å². The van der Waals surface area contributed by atoms with E-state index in [-0.39, 0.29) is 12.2 Å². The van der Waals surface area contributed by atoms with E-state index in [4.69, 9.17) is 32.9 Å². The molecule has 0 N–H and O–H groups in total. The van der Waals surface area contributed by atoms with E-state index in [9.17, 15) is 4.79 Å². The van der Waals surface area contributed by atoms with Crippen LogP contribution < -0.4 is 0 Å². The van der Waals surface area contributed by atoms with Gasteiger partial charge in [-0.3, -0.25) is 14.7 Å². The molecule has 1 unspecified atom stereocenters. The van der Waals surface area contributed by atoms with Crippen molar-refractivity contribution in [3.8, 4) is 5.82 Å². The molecule has 3 aromatic rings. The molecule has 9 heteroatoms. The van der Waals surface area contributed by atoms with Gasteiger partial charge < -0.3 is 4.74 Å². The van der Waals surface area contributed by atoms with Gasteiger partial charge in [-0.15, -0.1) is 0 Å². The number of ketones is 1. The maximum atomic E-state index is 13.1. The smallest absolute Gasteiger partial charge is 0.172 e. The second-order valence-corrected chi connectivity index (χ2v) is 10.3. The van der Waals surface area contributed by atoms with Crippen LogP contribution in [0.25, 0.3) is 11.4 Å². The van der Waals surface area contributed by atoms with Crippen molar-refractivity contribution in [1.82, 2.24) is 24.6 Å². The number of pyridine rings is 2. The predicted molar refractivity (Wildman–Crippen MR) is 141 cm³/mol. The minimum Gasteiger partial charge on any atom is -0.379 e. The number of carbonyl (C=O) groups excluding carboxylic acids is 1. The summed E-state index contributed by atoms with van der Waals surface area (Å²) in [7, 11) is 0. The molecule has 36 heavy (non-hydrogen) atoms. The van der Waals surface area contributed by atoms with E-state index in [1.165, 1.54) is 11.8 Å². The lowest BCUT2D eigenvalue weighted by Gasteiger charge is -2.36. The summed E-state index contributed by atoms with van der Waals surface area (Å²) in [5.41, 5.74) is 5.55. The highest BCUT2D eigenvalue weighted by Crippen LogP contribution is 2.31. The summed E-state index contributed by atoms with van der Waals surface area (Å²) < 4.78 is 7.06. The minimum atomic E-state index is -0.0250. The zero-order valence-corrected chi connectivity index (χ0v) is 22.0. The van der Waals surface area contributed by atoms with Crippen molar-refractivity contribution in [1.29, 1.82) is 0 Å². The molecule has 188 valence electrons. The first-order valence-electron chi connectivity index (χ1n) is 12.3. The number of hydrogen-bond donors (Lipinski definition) is 0. The Morgan fingerprint density at radius 2 is 1.92 bits per heavy atom. The molecule has 0 radical (unpaired) electrons. The highest BCUT2D eigenvalue weighted by molar-refractivity contribution is 6.35. The maximum absolute atomic E-state index is 13.1. The fourth-order valence-corrected chi connectivity index (χ4v) is 5.58. The van der Waals surface area contributed by atoms with Crippen LogP contribution in [0, 0.1) is 13.8 Å². The summed E-state index contributed by atoms with van der Waals surface area (Å²) in [6.07, 6.45) is 10.7. The number of Topliss-reactive ketones (excluding diaryl/α,β-unsaturated/α-hetero) is 1. The van der Waals surface area contributed by atoms with Gasteiger partial charge in [0.05, 0.1) is 46.4 Å². The Morgan fingerprint density at radius 3 is 2.61 bits per heavy atom. The Morgan fingerprint density at radius 1 is 1.11 bits per heavy atom. The lowest BCUT2D eigenvalue weighted by molar-refractivity contribution is 0.0150. The fraction of sp³-hybridized carbons (Fsp3) is 0.407. The highest BCUT2D eigenvalue weighted by atomic mass is 35.5. The van der Waals surface area contributed by atoms with E-state index in [0.717, 1.165) is 62.4 Å². The molecule has 0 saturated carbocycles. The van der Waals surface area contributed by atoms with Crippen LogP contribution in [0.5, 0.6) is 0 Å². The molecule has 3 aromatic heterocycles. The Hall–Kier alpha value is -2.58. The minimum absolute atomic E-state index is 0.0250. The van der Waals surface area contributed by atoms with Gasteiger partial charge in [0.15, 0.2) is 11.6 Å². The SMILES string of the molecule is Cc1cc(CC(=O)c2cnn(-c3ncc(Cl)cc3Cl)c2C)cnc1C1=CCC(N2CCOCC2)CC1. The van der Waals surface area contributed by atoms with E-state index in [1.54, 1.807) is 16.9 Å². The Bertz CT molecular complexity index is 1310. The molecule has 1 fully saturated rings. The Balaban J connectivity index is 1.27.